The van der Waals surface area contributed by atoms with Crippen LogP contribution < -0.4 is 10.2 Å². The molecule has 0 saturated carbocycles. The molecule has 0 atom stereocenters. The molecule has 22 heavy (non-hydrogen) atoms. The first-order valence-corrected chi connectivity index (χ1v) is 7.44. The van der Waals surface area contributed by atoms with Crippen molar-refractivity contribution in [3.05, 3.63) is 65.2 Å². The highest BCUT2D eigenvalue weighted by atomic mass is 16.2. The van der Waals surface area contributed by atoms with Crippen LogP contribution in [0.15, 0.2) is 48.5 Å². The highest BCUT2D eigenvalue weighted by Crippen LogP contribution is 2.29. The van der Waals surface area contributed by atoms with Gasteiger partial charge in [-0.2, -0.15) is 0 Å². The first kappa shape index (κ1) is 14.3. The van der Waals surface area contributed by atoms with Gasteiger partial charge in [0, 0.05) is 24.3 Å². The van der Waals surface area contributed by atoms with Gasteiger partial charge in [-0.3, -0.25) is 9.59 Å². The van der Waals surface area contributed by atoms with Crippen molar-refractivity contribution in [3.63, 3.8) is 0 Å². The number of carbonyl (C=O) groups excluding carboxylic acids is 2. The van der Waals surface area contributed by atoms with Crippen molar-refractivity contribution in [2.75, 3.05) is 11.4 Å². The molecule has 2 aromatic carbocycles. The summed E-state index contributed by atoms with van der Waals surface area (Å²) in [6.45, 7) is 3.11. The van der Waals surface area contributed by atoms with Gasteiger partial charge in [0.25, 0.3) is 5.91 Å². The van der Waals surface area contributed by atoms with Gasteiger partial charge in [-0.15, -0.1) is 0 Å². The number of likely N-dealkylation sites (N-methyl/N-ethyl adjacent to an activating group) is 1. The summed E-state index contributed by atoms with van der Waals surface area (Å²) in [7, 11) is 0. The van der Waals surface area contributed by atoms with E-state index in [9.17, 15) is 9.59 Å². The molecule has 0 radical (unpaired) electrons. The summed E-state index contributed by atoms with van der Waals surface area (Å²) in [6.07, 6.45) is 0.378. The summed E-state index contributed by atoms with van der Waals surface area (Å²) < 4.78 is 0. The minimum atomic E-state index is -0.117. The lowest BCUT2D eigenvalue weighted by Gasteiger charge is -2.14. The molecule has 1 N–H and O–H groups in total. The van der Waals surface area contributed by atoms with Crippen LogP contribution >= 0.6 is 0 Å². The van der Waals surface area contributed by atoms with Gasteiger partial charge in [-0.05, 0) is 36.2 Å². The van der Waals surface area contributed by atoms with Gasteiger partial charge in [0.05, 0.1) is 6.42 Å². The largest absolute Gasteiger partial charge is 0.348 e. The average Bonchev–Trinajstić information content (AvgIpc) is 2.87. The summed E-state index contributed by atoms with van der Waals surface area (Å²) in [6, 6.07) is 15.2. The molecule has 0 aliphatic carbocycles. The monoisotopic (exact) mass is 294 g/mol. The molecular formula is C18H18N2O2. The van der Waals surface area contributed by atoms with Crippen molar-refractivity contribution in [2.45, 2.75) is 19.9 Å². The average molecular weight is 294 g/mol. The Morgan fingerprint density at radius 1 is 1.18 bits per heavy atom. The van der Waals surface area contributed by atoms with Crippen LogP contribution in [0, 0.1) is 0 Å². The summed E-state index contributed by atoms with van der Waals surface area (Å²) in [4.78, 5) is 25.9. The van der Waals surface area contributed by atoms with E-state index in [2.05, 4.69) is 5.32 Å². The number of nitrogens with one attached hydrogen (secondary N) is 1. The Morgan fingerprint density at radius 2 is 1.95 bits per heavy atom. The molecule has 3 rings (SSSR count). The van der Waals surface area contributed by atoms with E-state index >= 15 is 0 Å². The minimum Gasteiger partial charge on any atom is -0.348 e. The molecule has 2 amide bonds. The smallest absolute Gasteiger partial charge is 0.251 e. The Kier molecular flexibility index (Phi) is 3.92. The van der Waals surface area contributed by atoms with Crippen LogP contribution in [0.25, 0.3) is 0 Å². The second-order valence-corrected chi connectivity index (χ2v) is 5.33. The van der Waals surface area contributed by atoms with Crippen molar-refractivity contribution >= 4 is 17.5 Å². The van der Waals surface area contributed by atoms with E-state index in [1.54, 1.807) is 11.0 Å². The van der Waals surface area contributed by atoms with Crippen LogP contribution in [-0.2, 0) is 17.8 Å². The zero-order valence-electron chi connectivity index (χ0n) is 12.5. The fourth-order valence-electron chi connectivity index (χ4n) is 2.75. The SMILES string of the molecule is CCN1C(=O)Cc2cc(C(=O)NCc3ccccc3)ccc21. The van der Waals surface area contributed by atoms with Crippen LogP contribution in [0.2, 0.25) is 0 Å². The summed E-state index contributed by atoms with van der Waals surface area (Å²) in [5, 5.41) is 2.91. The van der Waals surface area contributed by atoms with E-state index in [-0.39, 0.29) is 11.8 Å². The molecule has 2 aromatic rings. The third-order valence-corrected chi connectivity index (χ3v) is 3.89. The molecule has 1 aliphatic rings. The topological polar surface area (TPSA) is 49.4 Å². The van der Waals surface area contributed by atoms with E-state index < -0.39 is 0 Å². The Morgan fingerprint density at radius 3 is 2.68 bits per heavy atom. The van der Waals surface area contributed by atoms with Crippen molar-refractivity contribution in [1.82, 2.24) is 5.32 Å². The van der Waals surface area contributed by atoms with Crippen molar-refractivity contribution in [3.8, 4) is 0 Å². The third kappa shape index (κ3) is 2.72. The zero-order chi connectivity index (χ0) is 15.5. The van der Waals surface area contributed by atoms with Gasteiger partial charge in [0.15, 0.2) is 0 Å². The van der Waals surface area contributed by atoms with Crippen LogP contribution in [0.1, 0.15) is 28.4 Å². The van der Waals surface area contributed by atoms with Gasteiger partial charge < -0.3 is 10.2 Å². The number of rotatable bonds is 4. The van der Waals surface area contributed by atoms with Crippen molar-refractivity contribution in [2.24, 2.45) is 0 Å². The second-order valence-electron chi connectivity index (χ2n) is 5.33. The van der Waals surface area contributed by atoms with E-state index in [0.717, 1.165) is 16.8 Å². The second kappa shape index (κ2) is 6.02. The molecule has 0 bridgehead atoms. The Hall–Kier alpha value is -2.62. The number of amides is 2. The summed E-state index contributed by atoms with van der Waals surface area (Å²) >= 11 is 0. The number of nitrogens with zero attached hydrogens (tertiary/aromatic N) is 1. The van der Waals surface area contributed by atoms with E-state index in [4.69, 9.17) is 0 Å². The molecule has 0 saturated heterocycles. The van der Waals surface area contributed by atoms with Crippen LogP contribution in [-0.4, -0.2) is 18.4 Å². The predicted molar refractivity (Wildman–Crippen MR) is 85.8 cm³/mol. The minimum absolute atomic E-state index is 0.0966. The molecule has 0 unspecified atom stereocenters. The van der Waals surface area contributed by atoms with E-state index in [1.165, 1.54) is 0 Å². The van der Waals surface area contributed by atoms with E-state index in [1.807, 2.05) is 49.4 Å². The number of fused-ring (bicyclic) bond motifs is 1. The number of hydrogen-bond acceptors (Lipinski definition) is 2. The first-order valence-electron chi connectivity index (χ1n) is 7.44. The van der Waals surface area contributed by atoms with Gasteiger partial charge in [0.1, 0.15) is 0 Å². The number of benzene rings is 2. The Balaban J connectivity index is 1.72. The quantitative estimate of drug-likeness (QED) is 0.942. The molecule has 0 aromatic heterocycles. The third-order valence-electron chi connectivity index (χ3n) is 3.89. The molecule has 1 aliphatic heterocycles. The van der Waals surface area contributed by atoms with Crippen LogP contribution in [0.4, 0.5) is 5.69 Å². The first-order chi connectivity index (χ1) is 10.7. The maximum Gasteiger partial charge on any atom is 0.251 e. The van der Waals surface area contributed by atoms with Crippen LogP contribution in [0.3, 0.4) is 0 Å². The maximum atomic E-state index is 12.2. The number of anilines is 1. The Labute approximate surface area is 129 Å². The van der Waals surface area contributed by atoms with Crippen molar-refractivity contribution < 1.29 is 9.59 Å². The lowest BCUT2D eigenvalue weighted by atomic mass is 10.1. The highest BCUT2D eigenvalue weighted by molar-refractivity contribution is 6.03. The molecule has 4 heteroatoms. The lowest BCUT2D eigenvalue weighted by molar-refractivity contribution is -0.117. The normalized spacial score (nSPS) is 13.1. The van der Waals surface area contributed by atoms with E-state index in [0.29, 0.717) is 25.1 Å². The molecule has 1 heterocycles. The number of carbonyl (C=O) groups is 2. The lowest BCUT2D eigenvalue weighted by Crippen LogP contribution is -2.25. The van der Waals surface area contributed by atoms with Crippen LogP contribution in [0.5, 0.6) is 0 Å². The molecule has 0 spiro atoms. The standard InChI is InChI=1S/C18H18N2O2/c1-2-20-16-9-8-14(10-15(16)11-17(20)21)18(22)19-12-13-6-4-3-5-7-13/h3-10H,2,11-12H2,1H3,(H,19,22). The number of hydrogen-bond donors (Lipinski definition) is 1. The fraction of sp³-hybridized carbons (Fsp3) is 0.222. The van der Waals surface area contributed by atoms with Gasteiger partial charge in [0.2, 0.25) is 5.91 Å². The zero-order valence-corrected chi connectivity index (χ0v) is 12.5. The molecular weight excluding hydrogens is 276 g/mol. The molecule has 4 nitrogen and oxygen atoms in total. The maximum absolute atomic E-state index is 12.2. The summed E-state index contributed by atoms with van der Waals surface area (Å²) in [5.41, 5.74) is 3.51. The molecule has 0 fully saturated rings. The predicted octanol–water partition coefficient (Wildman–Crippen LogP) is 2.53. The van der Waals surface area contributed by atoms with Crippen molar-refractivity contribution in [1.29, 1.82) is 0 Å². The molecule has 112 valence electrons. The van der Waals surface area contributed by atoms with Gasteiger partial charge >= 0.3 is 0 Å². The van der Waals surface area contributed by atoms with Gasteiger partial charge in [-0.25, -0.2) is 0 Å². The highest BCUT2D eigenvalue weighted by Gasteiger charge is 2.26. The Bertz CT molecular complexity index is 710. The summed E-state index contributed by atoms with van der Waals surface area (Å²) in [5.74, 6) is -0.0200. The van der Waals surface area contributed by atoms with Gasteiger partial charge in [-0.1, -0.05) is 30.3 Å². The fourth-order valence-corrected chi connectivity index (χ4v) is 2.75.